The number of carboxylic acid groups (broad SMARTS) is 1. The molecule has 0 aromatic carbocycles. The van der Waals surface area contributed by atoms with Gasteiger partial charge in [0.15, 0.2) is 0 Å². The lowest BCUT2D eigenvalue weighted by Crippen LogP contribution is -2.40. The molecule has 3 rings (SSSR count). The SMILES string of the molecule is CC1CCCC(N)(c2nc(C3CC3)c(C(=O)O)s2)C1. The van der Waals surface area contributed by atoms with Crippen LogP contribution in [0.2, 0.25) is 0 Å². The predicted molar refractivity (Wildman–Crippen MR) is 74.5 cm³/mol. The van der Waals surface area contributed by atoms with Gasteiger partial charge in [-0.05, 0) is 31.6 Å². The van der Waals surface area contributed by atoms with Gasteiger partial charge in [-0.1, -0.05) is 19.8 Å². The van der Waals surface area contributed by atoms with Crippen LogP contribution in [0.4, 0.5) is 0 Å². The van der Waals surface area contributed by atoms with Crippen LogP contribution in [0.1, 0.15) is 71.7 Å². The van der Waals surface area contributed by atoms with Crippen molar-refractivity contribution in [2.75, 3.05) is 0 Å². The summed E-state index contributed by atoms with van der Waals surface area (Å²) in [4.78, 5) is 16.4. The third-order valence-electron chi connectivity index (χ3n) is 4.27. The first-order valence-electron chi connectivity index (χ1n) is 7.03. The molecular weight excluding hydrogens is 260 g/mol. The summed E-state index contributed by atoms with van der Waals surface area (Å²) in [5, 5.41) is 10.2. The van der Waals surface area contributed by atoms with Crippen LogP contribution in [0.5, 0.6) is 0 Å². The molecule has 1 heterocycles. The molecule has 0 bridgehead atoms. The number of carbonyl (C=O) groups is 1. The van der Waals surface area contributed by atoms with Crippen molar-refractivity contribution < 1.29 is 9.90 Å². The van der Waals surface area contributed by atoms with Crippen LogP contribution in [-0.2, 0) is 5.54 Å². The molecule has 0 amide bonds. The lowest BCUT2D eigenvalue weighted by atomic mass is 9.77. The van der Waals surface area contributed by atoms with E-state index in [-0.39, 0.29) is 0 Å². The quantitative estimate of drug-likeness (QED) is 0.892. The van der Waals surface area contributed by atoms with Gasteiger partial charge in [-0.25, -0.2) is 9.78 Å². The number of nitrogens with zero attached hydrogens (tertiary/aromatic N) is 1. The molecular formula is C14H20N2O2S. The maximum Gasteiger partial charge on any atom is 0.347 e. The van der Waals surface area contributed by atoms with Crippen LogP contribution in [0, 0.1) is 5.92 Å². The summed E-state index contributed by atoms with van der Waals surface area (Å²) in [7, 11) is 0. The Morgan fingerprint density at radius 2 is 2.21 bits per heavy atom. The molecule has 0 aliphatic heterocycles. The Hall–Kier alpha value is -0.940. The van der Waals surface area contributed by atoms with E-state index in [9.17, 15) is 9.90 Å². The van der Waals surface area contributed by atoms with Crippen LogP contribution in [0.15, 0.2) is 0 Å². The van der Waals surface area contributed by atoms with E-state index < -0.39 is 11.5 Å². The smallest absolute Gasteiger partial charge is 0.347 e. The van der Waals surface area contributed by atoms with Crippen LogP contribution in [0.25, 0.3) is 0 Å². The van der Waals surface area contributed by atoms with Gasteiger partial charge >= 0.3 is 5.97 Å². The van der Waals surface area contributed by atoms with Crippen LogP contribution in [0.3, 0.4) is 0 Å². The molecule has 1 aromatic heterocycles. The molecule has 104 valence electrons. The number of rotatable bonds is 3. The lowest BCUT2D eigenvalue weighted by Gasteiger charge is -2.35. The molecule has 1 aromatic rings. The first kappa shape index (κ1) is 13.1. The maximum absolute atomic E-state index is 11.3. The maximum atomic E-state index is 11.3. The van der Waals surface area contributed by atoms with Crippen molar-refractivity contribution in [1.29, 1.82) is 0 Å². The topological polar surface area (TPSA) is 76.2 Å². The highest BCUT2D eigenvalue weighted by molar-refractivity contribution is 7.13. The Morgan fingerprint density at radius 1 is 1.47 bits per heavy atom. The number of hydrogen-bond donors (Lipinski definition) is 2. The summed E-state index contributed by atoms with van der Waals surface area (Å²) >= 11 is 1.31. The molecule has 19 heavy (non-hydrogen) atoms. The molecule has 2 unspecified atom stereocenters. The van der Waals surface area contributed by atoms with Gasteiger partial charge in [0.1, 0.15) is 9.88 Å². The molecule has 0 saturated heterocycles. The second-order valence-corrected chi connectivity index (χ2v) is 7.17. The minimum absolute atomic E-state index is 0.362. The molecule has 3 N–H and O–H groups in total. The third-order valence-corrected chi connectivity index (χ3v) is 5.55. The second-order valence-electron chi connectivity index (χ2n) is 6.17. The van der Waals surface area contributed by atoms with Gasteiger partial charge in [-0.15, -0.1) is 11.3 Å². The van der Waals surface area contributed by atoms with E-state index in [1.54, 1.807) is 0 Å². The molecule has 0 radical (unpaired) electrons. The number of thiazole rings is 1. The van der Waals surface area contributed by atoms with Crippen LogP contribution in [-0.4, -0.2) is 16.1 Å². The fraction of sp³-hybridized carbons (Fsp3) is 0.714. The number of aromatic nitrogens is 1. The fourth-order valence-corrected chi connectivity index (χ4v) is 4.25. The zero-order valence-electron chi connectivity index (χ0n) is 11.2. The van der Waals surface area contributed by atoms with E-state index in [4.69, 9.17) is 5.73 Å². The lowest BCUT2D eigenvalue weighted by molar-refractivity contribution is 0.0700. The van der Waals surface area contributed by atoms with Gasteiger partial charge in [0, 0.05) is 5.92 Å². The van der Waals surface area contributed by atoms with E-state index >= 15 is 0 Å². The highest BCUT2D eigenvalue weighted by Gasteiger charge is 2.39. The predicted octanol–water partition coefficient (Wildman–Crippen LogP) is 3.08. The minimum atomic E-state index is -0.849. The summed E-state index contributed by atoms with van der Waals surface area (Å²) in [5.41, 5.74) is 6.91. The Kier molecular flexibility index (Phi) is 3.14. The average Bonchev–Trinajstić information content (AvgIpc) is 3.06. The van der Waals surface area contributed by atoms with E-state index in [1.165, 1.54) is 17.8 Å². The average molecular weight is 280 g/mol. The van der Waals surface area contributed by atoms with Gasteiger partial charge in [-0.3, -0.25) is 0 Å². The van der Waals surface area contributed by atoms with Crippen molar-refractivity contribution in [2.45, 2.75) is 56.9 Å². The van der Waals surface area contributed by atoms with Crippen molar-refractivity contribution in [3.63, 3.8) is 0 Å². The third kappa shape index (κ3) is 2.41. The molecule has 2 aliphatic rings. The summed E-state index contributed by atoms with van der Waals surface area (Å²) in [6, 6.07) is 0. The summed E-state index contributed by atoms with van der Waals surface area (Å²) in [6.07, 6.45) is 6.30. The van der Waals surface area contributed by atoms with E-state index in [0.717, 1.165) is 42.8 Å². The standard InChI is InChI=1S/C14H20N2O2S/c1-8-3-2-6-14(15,7-8)13-16-10(9-4-5-9)11(19-13)12(17)18/h8-9H,2-7,15H2,1H3,(H,17,18). The van der Waals surface area contributed by atoms with E-state index in [0.29, 0.717) is 16.7 Å². The Morgan fingerprint density at radius 3 is 2.79 bits per heavy atom. The van der Waals surface area contributed by atoms with Crippen molar-refractivity contribution in [1.82, 2.24) is 4.98 Å². The van der Waals surface area contributed by atoms with Crippen molar-refractivity contribution in [2.24, 2.45) is 11.7 Å². The second kappa shape index (κ2) is 4.56. The summed E-state index contributed by atoms with van der Waals surface area (Å²) < 4.78 is 0. The zero-order valence-corrected chi connectivity index (χ0v) is 12.0. The monoisotopic (exact) mass is 280 g/mol. The summed E-state index contributed by atoms with van der Waals surface area (Å²) in [5.74, 6) is 0.110. The minimum Gasteiger partial charge on any atom is -0.477 e. The largest absolute Gasteiger partial charge is 0.477 e. The van der Waals surface area contributed by atoms with E-state index in [2.05, 4.69) is 11.9 Å². The van der Waals surface area contributed by atoms with Crippen LogP contribution >= 0.6 is 11.3 Å². The highest BCUT2D eigenvalue weighted by Crippen LogP contribution is 2.46. The molecule has 4 nitrogen and oxygen atoms in total. The highest BCUT2D eigenvalue weighted by atomic mass is 32.1. The molecule has 2 aliphatic carbocycles. The van der Waals surface area contributed by atoms with E-state index in [1.807, 2.05) is 0 Å². The Balaban J connectivity index is 1.96. The zero-order chi connectivity index (χ0) is 13.6. The number of nitrogens with two attached hydrogens (primary N) is 1. The normalized spacial score (nSPS) is 31.4. The van der Waals surface area contributed by atoms with Gasteiger partial charge in [0.05, 0.1) is 11.2 Å². The molecule has 2 atom stereocenters. The number of aromatic carboxylic acids is 1. The fourth-order valence-electron chi connectivity index (χ4n) is 3.12. The molecule has 5 heteroatoms. The number of hydrogen-bond acceptors (Lipinski definition) is 4. The Labute approximate surface area is 117 Å². The first-order valence-corrected chi connectivity index (χ1v) is 7.84. The molecule has 2 saturated carbocycles. The Bertz CT molecular complexity index is 510. The van der Waals surface area contributed by atoms with Gasteiger partial charge in [-0.2, -0.15) is 0 Å². The molecule has 2 fully saturated rings. The van der Waals surface area contributed by atoms with Crippen molar-refractivity contribution >= 4 is 17.3 Å². The summed E-state index contributed by atoms with van der Waals surface area (Å²) in [6.45, 7) is 2.22. The molecule has 0 spiro atoms. The van der Waals surface area contributed by atoms with Gasteiger partial charge < -0.3 is 10.8 Å². The first-order chi connectivity index (χ1) is 8.99. The van der Waals surface area contributed by atoms with Crippen LogP contribution < -0.4 is 5.73 Å². The van der Waals surface area contributed by atoms with Gasteiger partial charge in [0.25, 0.3) is 0 Å². The van der Waals surface area contributed by atoms with Gasteiger partial charge in [0.2, 0.25) is 0 Å². The van der Waals surface area contributed by atoms with Crippen molar-refractivity contribution in [3.8, 4) is 0 Å². The van der Waals surface area contributed by atoms with Crippen molar-refractivity contribution in [3.05, 3.63) is 15.6 Å². The number of carboxylic acids is 1.